The Morgan fingerprint density at radius 3 is 2.40 bits per heavy atom. The normalized spacial score (nSPS) is 17.4. The first kappa shape index (κ1) is 15.1. The molecule has 4 nitrogen and oxygen atoms in total. The molecule has 0 bridgehead atoms. The van der Waals surface area contributed by atoms with Crippen molar-refractivity contribution in [3.8, 4) is 0 Å². The highest BCUT2D eigenvalue weighted by Gasteiger charge is 2.22. The van der Waals surface area contributed by atoms with Crippen molar-refractivity contribution in [3.05, 3.63) is 11.9 Å². The molecule has 0 aromatic carbocycles. The van der Waals surface area contributed by atoms with Crippen molar-refractivity contribution >= 4 is 11.6 Å². The number of anilines is 2. The highest BCUT2D eigenvalue weighted by Crippen LogP contribution is 2.29. The molecule has 0 radical (unpaired) electrons. The molecule has 1 saturated carbocycles. The Labute approximate surface area is 122 Å². The minimum Gasteiger partial charge on any atom is -0.370 e. The second-order valence-corrected chi connectivity index (χ2v) is 6.16. The van der Waals surface area contributed by atoms with Gasteiger partial charge in [0.25, 0.3) is 0 Å². The summed E-state index contributed by atoms with van der Waals surface area (Å²) in [5.74, 6) is 3.92. The van der Waals surface area contributed by atoms with Crippen molar-refractivity contribution in [2.45, 2.75) is 65.3 Å². The fourth-order valence-corrected chi connectivity index (χ4v) is 2.88. The summed E-state index contributed by atoms with van der Waals surface area (Å²) < 4.78 is 0. The Morgan fingerprint density at radius 1 is 1.15 bits per heavy atom. The summed E-state index contributed by atoms with van der Waals surface area (Å²) in [6.45, 7) is 9.52. The highest BCUT2D eigenvalue weighted by molar-refractivity contribution is 5.48. The lowest BCUT2D eigenvalue weighted by atomic mass is 10.00. The van der Waals surface area contributed by atoms with Crippen LogP contribution in [0, 0.1) is 5.92 Å². The number of nitrogens with one attached hydrogen (secondary N) is 2. The summed E-state index contributed by atoms with van der Waals surface area (Å²) >= 11 is 0. The molecule has 0 aliphatic heterocycles. The smallest absolute Gasteiger partial charge is 0.135 e. The van der Waals surface area contributed by atoms with Crippen LogP contribution in [-0.4, -0.2) is 22.6 Å². The number of hydrogen-bond acceptors (Lipinski definition) is 4. The molecule has 112 valence electrons. The van der Waals surface area contributed by atoms with Crippen LogP contribution in [0.25, 0.3) is 0 Å². The van der Waals surface area contributed by atoms with Gasteiger partial charge in [-0.15, -0.1) is 0 Å². The molecule has 1 fully saturated rings. The van der Waals surface area contributed by atoms with E-state index in [2.05, 4.69) is 48.3 Å². The molecule has 0 spiro atoms. The van der Waals surface area contributed by atoms with Crippen LogP contribution in [0.4, 0.5) is 11.6 Å². The van der Waals surface area contributed by atoms with Gasteiger partial charge in [-0.2, -0.15) is 0 Å². The molecule has 1 aliphatic rings. The van der Waals surface area contributed by atoms with E-state index in [0.29, 0.717) is 12.0 Å². The summed E-state index contributed by atoms with van der Waals surface area (Å²) in [6.07, 6.45) is 5.44. The van der Waals surface area contributed by atoms with Gasteiger partial charge in [-0.3, -0.25) is 0 Å². The van der Waals surface area contributed by atoms with Crippen LogP contribution in [-0.2, 0) is 0 Å². The summed E-state index contributed by atoms with van der Waals surface area (Å²) in [7, 11) is 0. The van der Waals surface area contributed by atoms with Crippen LogP contribution >= 0.6 is 0 Å². The Hall–Kier alpha value is -1.32. The van der Waals surface area contributed by atoms with E-state index in [9.17, 15) is 0 Å². The van der Waals surface area contributed by atoms with Crippen LogP contribution in [0.15, 0.2) is 6.07 Å². The van der Waals surface area contributed by atoms with Crippen LogP contribution < -0.4 is 10.6 Å². The second-order valence-electron chi connectivity index (χ2n) is 6.16. The first-order valence-corrected chi connectivity index (χ1v) is 7.99. The summed E-state index contributed by atoms with van der Waals surface area (Å²) in [4.78, 5) is 9.23. The molecule has 2 N–H and O–H groups in total. The zero-order valence-corrected chi connectivity index (χ0v) is 13.2. The standard InChI is InChI=1S/C16H28N4/c1-5-17-14-10-15(20-16(19-14)11(2)3)18-12(4)13-8-6-7-9-13/h10-13H,5-9H2,1-4H3,(H2,17,18,19,20). The molecule has 0 saturated heterocycles. The Kier molecular flexibility index (Phi) is 5.21. The summed E-state index contributed by atoms with van der Waals surface area (Å²) in [5.41, 5.74) is 0. The van der Waals surface area contributed by atoms with Gasteiger partial charge >= 0.3 is 0 Å². The first-order chi connectivity index (χ1) is 9.60. The molecule has 2 rings (SSSR count). The molecule has 1 unspecified atom stereocenters. The second kappa shape index (κ2) is 6.91. The van der Waals surface area contributed by atoms with Gasteiger partial charge in [-0.05, 0) is 32.6 Å². The van der Waals surface area contributed by atoms with Gasteiger partial charge in [-0.1, -0.05) is 26.7 Å². The molecule has 4 heteroatoms. The van der Waals surface area contributed by atoms with Crippen molar-refractivity contribution in [3.63, 3.8) is 0 Å². The van der Waals surface area contributed by atoms with E-state index >= 15 is 0 Å². The molecule has 1 aliphatic carbocycles. The van der Waals surface area contributed by atoms with Gasteiger partial charge in [0, 0.05) is 24.6 Å². The minimum absolute atomic E-state index is 0.343. The molecule has 20 heavy (non-hydrogen) atoms. The first-order valence-electron chi connectivity index (χ1n) is 7.99. The predicted octanol–water partition coefficient (Wildman–Crippen LogP) is 4.02. The zero-order valence-electron chi connectivity index (χ0n) is 13.2. The van der Waals surface area contributed by atoms with E-state index in [1.807, 2.05) is 6.07 Å². The third-order valence-corrected chi connectivity index (χ3v) is 4.10. The monoisotopic (exact) mass is 276 g/mol. The molecule has 1 heterocycles. The van der Waals surface area contributed by atoms with E-state index in [0.717, 1.165) is 29.9 Å². The summed E-state index contributed by atoms with van der Waals surface area (Å²) in [5, 5.41) is 6.88. The van der Waals surface area contributed by atoms with E-state index in [4.69, 9.17) is 0 Å². The van der Waals surface area contributed by atoms with Crippen molar-refractivity contribution < 1.29 is 0 Å². The van der Waals surface area contributed by atoms with Crippen LogP contribution in [0.1, 0.15) is 65.1 Å². The molecular weight excluding hydrogens is 248 g/mol. The number of rotatable bonds is 6. The van der Waals surface area contributed by atoms with Gasteiger partial charge in [0.2, 0.25) is 0 Å². The lowest BCUT2D eigenvalue weighted by Gasteiger charge is -2.22. The molecular formula is C16H28N4. The van der Waals surface area contributed by atoms with Crippen molar-refractivity contribution in [2.75, 3.05) is 17.2 Å². The maximum Gasteiger partial charge on any atom is 0.135 e. The Balaban J connectivity index is 2.12. The summed E-state index contributed by atoms with van der Waals surface area (Å²) in [6, 6.07) is 2.52. The maximum absolute atomic E-state index is 4.66. The largest absolute Gasteiger partial charge is 0.370 e. The predicted molar refractivity (Wildman–Crippen MR) is 85.3 cm³/mol. The fourth-order valence-electron chi connectivity index (χ4n) is 2.88. The third kappa shape index (κ3) is 3.84. The molecule has 1 atom stereocenters. The van der Waals surface area contributed by atoms with Gasteiger partial charge in [0.05, 0.1) is 0 Å². The lowest BCUT2D eigenvalue weighted by molar-refractivity contribution is 0.481. The average Bonchev–Trinajstić information content (AvgIpc) is 2.92. The SMILES string of the molecule is CCNc1cc(NC(C)C2CCCC2)nc(C(C)C)n1. The lowest BCUT2D eigenvalue weighted by Crippen LogP contribution is -2.24. The third-order valence-electron chi connectivity index (χ3n) is 4.10. The van der Waals surface area contributed by atoms with Crippen molar-refractivity contribution in [2.24, 2.45) is 5.92 Å². The van der Waals surface area contributed by atoms with Gasteiger partial charge in [0.15, 0.2) is 0 Å². The topological polar surface area (TPSA) is 49.8 Å². The van der Waals surface area contributed by atoms with E-state index in [-0.39, 0.29) is 0 Å². The zero-order chi connectivity index (χ0) is 14.5. The Morgan fingerprint density at radius 2 is 1.80 bits per heavy atom. The van der Waals surface area contributed by atoms with E-state index in [1.54, 1.807) is 0 Å². The van der Waals surface area contributed by atoms with Crippen molar-refractivity contribution in [1.29, 1.82) is 0 Å². The Bertz CT molecular complexity index is 424. The number of hydrogen-bond donors (Lipinski definition) is 2. The quantitative estimate of drug-likeness (QED) is 0.824. The van der Waals surface area contributed by atoms with Crippen LogP contribution in [0.2, 0.25) is 0 Å². The van der Waals surface area contributed by atoms with E-state index < -0.39 is 0 Å². The van der Waals surface area contributed by atoms with Gasteiger partial charge in [0.1, 0.15) is 17.5 Å². The highest BCUT2D eigenvalue weighted by atomic mass is 15.1. The van der Waals surface area contributed by atoms with Gasteiger partial charge < -0.3 is 10.6 Å². The minimum atomic E-state index is 0.343. The van der Waals surface area contributed by atoms with Gasteiger partial charge in [-0.25, -0.2) is 9.97 Å². The molecule has 1 aromatic heterocycles. The number of aromatic nitrogens is 2. The fraction of sp³-hybridized carbons (Fsp3) is 0.750. The van der Waals surface area contributed by atoms with E-state index in [1.165, 1.54) is 25.7 Å². The number of nitrogens with zero attached hydrogens (tertiary/aromatic N) is 2. The molecule has 1 aromatic rings. The van der Waals surface area contributed by atoms with Crippen molar-refractivity contribution in [1.82, 2.24) is 9.97 Å². The average molecular weight is 276 g/mol. The van der Waals surface area contributed by atoms with Crippen LogP contribution in [0.3, 0.4) is 0 Å². The molecule has 0 amide bonds. The van der Waals surface area contributed by atoms with Crippen LogP contribution in [0.5, 0.6) is 0 Å². The maximum atomic E-state index is 4.66.